The molecule has 1 saturated heterocycles. The molecule has 1 aliphatic rings. The van der Waals surface area contributed by atoms with Crippen molar-refractivity contribution in [3.63, 3.8) is 0 Å². The van der Waals surface area contributed by atoms with Crippen molar-refractivity contribution < 1.29 is 14.0 Å². The van der Waals surface area contributed by atoms with Gasteiger partial charge in [0.05, 0.1) is 6.42 Å². The van der Waals surface area contributed by atoms with E-state index < -0.39 is 0 Å². The number of carbonyl (C=O) groups excluding carboxylic acids is 2. The van der Waals surface area contributed by atoms with Gasteiger partial charge in [-0.15, -0.1) is 0 Å². The number of fused-ring (bicyclic) bond motifs is 1. The summed E-state index contributed by atoms with van der Waals surface area (Å²) in [6, 6.07) is 13.0. The van der Waals surface area contributed by atoms with Gasteiger partial charge in [-0.2, -0.15) is 0 Å². The molecule has 0 spiro atoms. The number of aromatic amines is 1. The van der Waals surface area contributed by atoms with Gasteiger partial charge in [0.15, 0.2) is 0 Å². The van der Waals surface area contributed by atoms with Crippen molar-refractivity contribution in [2.75, 3.05) is 13.1 Å². The molecular weight excluding hydrogens is 381 g/mol. The van der Waals surface area contributed by atoms with Crippen molar-refractivity contribution in [2.24, 2.45) is 5.92 Å². The Kier molecular flexibility index (Phi) is 5.84. The molecule has 2 heterocycles. The number of rotatable bonds is 5. The van der Waals surface area contributed by atoms with E-state index in [1.165, 1.54) is 6.07 Å². The zero-order chi connectivity index (χ0) is 21.1. The molecule has 1 fully saturated rings. The molecule has 30 heavy (non-hydrogen) atoms. The van der Waals surface area contributed by atoms with Crippen LogP contribution in [0.25, 0.3) is 10.9 Å². The SMILES string of the molecule is Cc1ccc(CNC(=O)C2CCN(C(=O)Cc3c[nH]c4ccccc34)CC2)cc1F. The summed E-state index contributed by atoms with van der Waals surface area (Å²) in [6.07, 6.45) is 3.55. The van der Waals surface area contributed by atoms with Crippen LogP contribution in [0, 0.1) is 18.7 Å². The highest BCUT2D eigenvalue weighted by Crippen LogP contribution is 2.22. The molecule has 0 bridgehead atoms. The summed E-state index contributed by atoms with van der Waals surface area (Å²) in [5, 5.41) is 3.98. The highest BCUT2D eigenvalue weighted by Gasteiger charge is 2.27. The number of amides is 2. The van der Waals surface area contributed by atoms with Crippen LogP contribution in [0.3, 0.4) is 0 Å². The minimum absolute atomic E-state index is 0.0280. The van der Waals surface area contributed by atoms with E-state index >= 15 is 0 Å². The van der Waals surface area contributed by atoms with Crippen molar-refractivity contribution in [1.82, 2.24) is 15.2 Å². The first kappa shape index (κ1) is 20.1. The number of aromatic nitrogens is 1. The normalized spacial score (nSPS) is 14.8. The number of piperidine rings is 1. The highest BCUT2D eigenvalue weighted by molar-refractivity contribution is 5.89. The van der Waals surface area contributed by atoms with E-state index in [-0.39, 0.29) is 23.5 Å². The molecule has 0 unspecified atom stereocenters. The number of hydrogen-bond acceptors (Lipinski definition) is 2. The minimum Gasteiger partial charge on any atom is -0.361 e. The lowest BCUT2D eigenvalue weighted by atomic mass is 9.95. The number of nitrogens with one attached hydrogen (secondary N) is 2. The molecule has 2 aromatic carbocycles. The van der Waals surface area contributed by atoms with Crippen LogP contribution >= 0.6 is 0 Å². The fraction of sp³-hybridized carbons (Fsp3) is 0.333. The van der Waals surface area contributed by atoms with Crippen LogP contribution < -0.4 is 5.32 Å². The third-order valence-corrected chi connectivity index (χ3v) is 5.94. The van der Waals surface area contributed by atoms with Gasteiger partial charge in [0.1, 0.15) is 5.82 Å². The van der Waals surface area contributed by atoms with Gasteiger partial charge in [-0.3, -0.25) is 9.59 Å². The second-order valence-corrected chi connectivity index (χ2v) is 7.99. The van der Waals surface area contributed by atoms with Gasteiger partial charge in [0.25, 0.3) is 0 Å². The zero-order valence-electron chi connectivity index (χ0n) is 17.1. The fourth-order valence-electron chi connectivity index (χ4n) is 4.02. The van der Waals surface area contributed by atoms with E-state index in [0.29, 0.717) is 44.5 Å². The number of H-pyrrole nitrogens is 1. The Labute approximate surface area is 175 Å². The number of likely N-dealkylation sites (tertiary alicyclic amines) is 1. The maximum absolute atomic E-state index is 13.6. The highest BCUT2D eigenvalue weighted by atomic mass is 19.1. The van der Waals surface area contributed by atoms with Crippen LogP contribution in [0.4, 0.5) is 4.39 Å². The maximum Gasteiger partial charge on any atom is 0.227 e. The van der Waals surface area contributed by atoms with E-state index in [0.717, 1.165) is 22.0 Å². The van der Waals surface area contributed by atoms with Crippen LogP contribution in [0.2, 0.25) is 0 Å². The van der Waals surface area contributed by atoms with E-state index in [1.54, 1.807) is 13.0 Å². The van der Waals surface area contributed by atoms with Crippen LogP contribution in [0.15, 0.2) is 48.7 Å². The molecule has 4 rings (SSSR count). The van der Waals surface area contributed by atoms with Crippen molar-refractivity contribution in [3.05, 3.63) is 71.2 Å². The molecule has 2 N–H and O–H groups in total. The van der Waals surface area contributed by atoms with Crippen molar-refractivity contribution >= 4 is 22.7 Å². The van der Waals surface area contributed by atoms with Gasteiger partial charge in [-0.1, -0.05) is 30.3 Å². The topological polar surface area (TPSA) is 65.2 Å². The average molecular weight is 407 g/mol. The third-order valence-electron chi connectivity index (χ3n) is 5.94. The van der Waals surface area contributed by atoms with E-state index in [2.05, 4.69) is 10.3 Å². The summed E-state index contributed by atoms with van der Waals surface area (Å²) >= 11 is 0. The van der Waals surface area contributed by atoms with Crippen LogP contribution in [-0.4, -0.2) is 34.8 Å². The quantitative estimate of drug-likeness (QED) is 0.677. The van der Waals surface area contributed by atoms with E-state index in [4.69, 9.17) is 0 Å². The van der Waals surface area contributed by atoms with Gasteiger partial charge < -0.3 is 15.2 Å². The lowest BCUT2D eigenvalue weighted by Crippen LogP contribution is -2.43. The molecule has 5 nitrogen and oxygen atoms in total. The molecule has 1 aromatic heterocycles. The third kappa shape index (κ3) is 4.37. The van der Waals surface area contributed by atoms with Gasteiger partial charge in [0, 0.05) is 42.7 Å². The maximum atomic E-state index is 13.6. The second kappa shape index (κ2) is 8.69. The average Bonchev–Trinajstić information content (AvgIpc) is 3.17. The summed E-state index contributed by atoms with van der Waals surface area (Å²) in [4.78, 5) is 30.3. The van der Waals surface area contributed by atoms with Crippen LogP contribution in [0.5, 0.6) is 0 Å². The first-order chi connectivity index (χ1) is 14.5. The van der Waals surface area contributed by atoms with E-state index in [9.17, 15) is 14.0 Å². The Bertz CT molecular complexity index is 1070. The van der Waals surface area contributed by atoms with Gasteiger partial charge >= 0.3 is 0 Å². The lowest BCUT2D eigenvalue weighted by Gasteiger charge is -2.31. The predicted molar refractivity (Wildman–Crippen MR) is 114 cm³/mol. The van der Waals surface area contributed by atoms with Crippen molar-refractivity contribution in [1.29, 1.82) is 0 Å². The number of hydrogen-bond donors (Lipinski definition) is 2. The predicted octanol–water partition coefficient (Wildman–Crippen LogP) is 3.71. The molecule has 0 atom stereocenters. The zero-order valence-corrected chi connectivity index (χ0v) is 17.1. The number of nitrogens with zero attached hydrogens (tertiary/aromatic N) is 1. The Morgan fingerprint density at radius 2 is 1.93 bits per heavy atom. The fourth-order valence-corrected chi connectivity index (χ4v) is 4.02. The Morgan fingerprint density at radius 1 is 1.17 bits per heavy atom. The monoisotopic (exact) mass is 407 g/mol. The molecule has 3 aromatic rings. The standard InChI is InChI=1S/C24H26FN3O2/c1-16-6-7-17(12-21(16)25)14-27-24(30)18-8-10-28(11-9-18)23(29)13-19-15-26-22-5-3-2-4-20(19)22/h2-7,12,15,18,26H,8-11,13-14H2,1H3,(H,27,30). The molecule has 0 saturated carbocycles. The molecule has 2 amide bonds. The molecule has 156 valence electrons. The summed E-state index contributed by atoms with van der Waals surface area (Å²) in [5.74, 6) is -0.311. The molecule has 1 aliphatic heterocycles. The number of benzene rings is 2. The first-order valence-electron chi connectivity index (χ1n) is 10.4. The summed E-state index contributed by atoms with van der Waals surface area (Å²) in [6.45, 7) is 3.19. The first-order valence-corrected chi connectivity index (χ1v) is 10.4. The van der Waals surface area contributed by atoms with Crippen LogP contribution in [-0.2, 0) is 22.6 Å². The Hall–Kier alpha value is -3.15. The van der Waals surface area contributed by atoms with E-state index in [1.807, 2.05) is 41.4 Å². The summed E-state index contributed by atoms with van der Waals surface area (Å²) < 4.78 is 13.6. The second-order valence-electron chi connectivity index (χ2n) is 7.99. The van der Waals surface area contributed by atoms with Gasteiger partial charge in [-0.25, -0.2) is 4.39 Å². The van der Waals surface area contributed by atoms with Crippen LogP contribution in [0.1, 0.15) is 29.5 Å². The van der Waals surface area contributed by atoms with Gasteiger partial charge in [0.2, 0.25) is 11.8 Å². The smallest absolute Gasteiger partial charge is 0.227 e. The molecule has 0 radical (unpaired) electrons. The van der Waals surface area contributed by atoms with Crippen molar-refractivity contribution in [2.45, 2.75) is 32.7 Å². The number of carbonyl (C=O) groups is 2. The lowest BCUT2D eigenvalue weighted by molar-refractivity contribution is -0.135. The Balaban J connectivity index is 1.27. The largest absolute Gasteiger partial charge is 0.361 e. The van der Waals surface area contributed by atoms with Crippen molar-refractivity contribution in [3.8, 4) is 0 Å². The Morgan fingerprint density at radius 3 is 2.70 bits per heavy atom. The molecule has 6 heteroatoms. The molecular formula is C24H26FN3O2. The summed E-state index contributed by atoms with van der Waals surface area (Å²) in [5.41, 5.74) is 3.37. The number of halogens is 1. The molecule has 0 aliphatic carbocycles. The number of aryl methyl sites for hydroxylation is 1. The summed E-state index contributed by atoms with van der Waals surface area (Å²) in [7, 11) is 0. The van der Waals surface area contributed by atoms with Gasteiger partial charge in [-0.05, 0) is 48.6 Å². The number of para-hydroxylation sites is 1. The minimum atomic E-state index is -0.260.